The number of benzene rings is 3. The highest BCUT2D eigenvalue weighted by molar-refractivity contribution is 6.30. The van der Waals surface area contributed by atoms with Crippen LogP contribution in [0.15, 0.2) is 84.0 Å². The number of nitrogens with zero attached hydrogens (tertiary/aromatic N) is 3. The maximum Gasteiger partial charge on any atom is 0.258 e. The lowest BCUT2D eigenvalue weighted by Gasteiger charge is -2.28. The van der Waals surface area contributed by atoms with Crippen LogP contribution in [0, 0.1) is 0 Å². The highest BCUT2D eigenvalue weighted by Gasteiger charge is 2.39. The van der Waals surface area contributed by atoms with Gasteiger partial charge in [-0.05, 0) is 54.8 Å². The molecule has 5 nitrogen and oxygen atoms in total. The summed E-state index contributed by atoms with van der Waals surface area (Å²) in [5.74, 6) is 0.774. The molecule has 0 spiro atoms. The summed E-state index contributed by atoms with van der Waals surface area (Å²) >= 11 is 6.02. The summed E-state index contributed by atoms with van der Waals surface area (Å²) in [6.07, 6.45) is -0.305. The van der Waals surface area contributed by atoms with Crippen molar-refractivity contribution >= 4 is 23.2 Å². The lowest BCUT2D eigenvalue weighted by Crippen LogP contribution is -2.29. The van der Waals surface area contributed by atoms with Crippen molar-refractivity contribution in [3.05, 3.63) is 101 Å². The number of carbonyl (C=O) groups is 1. The van der Waals surface area contributed by atoms with E-state index in [1.165, 1.54) is 0 Å². The zero-order valence-corrected chi connectivity index (χ0v) is 19.0. The standard InChI is InChI=1S/C26H26ClN3O2/c1-3-32-24-15-11-22(12-16-24)26-29(17-20-7-5-4-6-8-20)18-25(31)30(26)28-19(2)21-9-13-23(27)14-10-21/h4-16,26H,3,17-18H2,1-2H3/b28-19-/t26-/m0/s1. The third-order valence-electron chi connectivity index (χ3n) is 5.41. The monoisotopic (exact) mass is 447 g/mol. The van der Waals surface area contributed by atoms with Gasteiger partial charge in [-0.25, -0.2) is 5.01 Å². The number of rotatable bonds is 7. The first-order valence-electron chi connectivity index (χ1n) is 10.7. The minimum Gasteiger partial charge on any atom is -0.494 e. The van der Waals surface area contributed by atoms with Crippen LogP contribution in [0.1, 0.15) is 36.7 Å². The molecule has 0 N–H and O–H groups in total. The Balaban J connectivity index is 1.68. The Hall–Kier alpha value is -3.15. The number of hydrazone groups is 1. The fraction of sp³-hybridized carbons (Fsp3) is 0.231. The van der Waals surface area contributed by atoms with E-state index in [2.05, 4.69) is 17.0 Å². The number of amides is 1. The number of ether oxygens (including phenoxy) is 1. The number of hydrogen-bond acceptors (Lipinski definition) is 4. The summed E-state index contributed by atoms with van der Waals surface area (Å²) < 4.78 is 5.59. The summed E-state index contributed by atoms with van der Waals surface area (Å²) in [6.45, 7) is 5.42. The second kappa shape index (κ2) is 9.98. The van der Waals surface area contributed by atoms with Crippen molar-refractivity contribution in [2.24, 2.45) is 5.10 Å². The molecule has 1 aliphatic heterocycles. The first-order valence-corrected chi connectivity index (χ1v) is 11.1. The quantitative estimate of drug-likeness (QED) is 0.449. The van der Waals surface area contributed by atoms with Crippen LogP contribution in [0.25, 0.3) is 0 Å². The van der Waals surface area contributed by atoms with Crippen molar-refractivity contribution in [3.8, 4) is 5.75 Å². The molecule has 4 rings (SSSR count). The smallest absolute Gasteiger partial charge is 0.258 e. The van der Waals surface area contributed by atoms with E-state index < -0.39 is 0 Å². The van der Waals surface area contributed by atoms with Gasteiger partial charge in [0.05, 0.1) is 18.9 Å². The predicted molar refractivity (Wildman–Crippen MR) is 128 cm³/mol. The average Bonchev–Trinajstić information content (AvgIpc) is 3.10. The molecule has 1 saturated heterocycles. The van der Waals surface area contributed by atoms with Crippen LogP contribution >= 0.6 is 11.6 Å². The van der Waals surface area contributed by atoms with Crippen molar-refractivity contribution in [1.82, 2.24) is 9.91 Å². The van der Waals surface area contributed by atoms with Gasteiger partial charge in [0.25, 0.3) is 5.91 Å². The molecule has 1 atom stereocenters. The van der Waals surface area contributed by atoms with Crippen LogP contribution in [0.4, 0.5) is 0 Å². The summed E-state index contributed by atoms with van der Waals surface area (Å²) in [7, 11) is 0. The van der Waals surface area contributed by atoms with Crippen LogP contribution in [0.2, 0.25) is 5.02 Å². The molecule has 3 aromatic carbocycles. The van der Waals surface area contributed by atoms with Crippen LogP contribution in [0.3, 0.4) is 0 Å². The summed E-state index contributed by atoms with van der Waals surface area (Å²) in [6, 6.07) is 25.5. The van der Waals surface area contributed by atoms with Crippen LogP contribution in [0.5, 0.6) is 5.75 Å². The van der Waals surface area contributed by atoms with E-state index in [4.69, 9.17) is 21.4 Å². The van der Waals surface area contributed by atoms with Gasteiger partial charge in [0.1, 0.15) is 11.9 Å². The molecule has 32 heavy (non-hydrogen) atoms. The normalized spacial score (nSPS) is 17.1. The fourth-order valence-corrected chi connectivity index (χ4v) is 3.99. The molecule has 3 aromatic rings. The molecule has 0 unspecified atom stereocenters. The molecule has 1 aliphatic rings. The molecule has 1 heterocycles. The second-order valence-electron chi connectivity index (χ2n) is 7.70. The highest BCUT2D eigenvalue weighted by atomic mass is 35.5. The third kappa shape index (κ3) is 5.01. The predicted octanol–water partition coefficient (Wildman–Crippen LogP) is 5.51. The molecule has 0 aromatic heterocycles. The van der Waals surface area contributed by atoms with Gasteiger partial charge >= 0.3 is 0 Å². The van der Waals surface area contributed by atoms with E-state index in [0.717, 1.165) is 28.2 Å². The van der Waals surface area contributed by atoms with Gasteiger partial charge < -0.3 is 4.74 Å². The van der Waals surface area contributed by atoms with E-state index >= 15 is 0 Å². The zero-order valence-electron chi connectivity index (χ0n) is 18.2. The molecule has 1 amide bonds. The fourth-order valence-electron chi connectivity index (χ4n) is 3.86. The Bertz CT molecular complexity index is 1080. The largest absolute Gasteiger partial charge is 0.494 e. The maximum atomic E-state index is 13.1. The van der Waals surface area contributed by atoms with E-state index in [1.807, 2.05) is 80.6 Å². The van der Waals surface area contributed by atoms with Crippen LogP contribution in [-0.2, 0) is 11.3 Å². The van der Waals surface area contributed by atoms with Crippen molar-refractivity contribution in [3.63, 3.8) is 0 Å². The first kappa shape index (κ1) is 22.1. The lowest BCUT2D eigenvalue weighted by atomic mass is 10.1. The van der Waals surface area contributed by atoms with E-state index in [1.54, 1.807) is 5.01 Å². The van der Waals surface area contributed by atoms with Crippen molar-refractivity contribution in [2.45, 2.75) is 26.6 Å². The van der Waals surface area contributed by atoms with Crippen molar-refractivity contribution in [2.75, 3.05) is 13.2 Å². The van der Waals surface area contributed by atoms with Crippen molar-refractivity contribution < 1.29 is 9.53 Å². The molecular weight excluding hydrogens is 422 g/mol. The van der Waals surface area contributed by atoms with Gasteiger partial charge in [-0.1, -0.05) is 66.2 Å². The van der Waals surface area contributed by atoms with Crippen LogP contribution in [-0.4, -0.2) is 34.7 Å². The van der Waals surface area contributed by atoms with Gasteiger partial charge in [-0.3, -0.25) is 9.69 Å². The highest BCUT2D eigenvalue weighted by Crippen LogP contribution is 2.33. The molecule has 0 aliphatic carbocycles. The Kier molecular flexibility index (Phi) is 6.88. The Labute approximate surface area is 193 Å². The Morgan fingerprint density at radius 2 is 1.72 bits per heavy atom. The summed E-state index contributed by atoms with van der Waals surface area (Å²) in [5, 5.41) is 7.02. The van der Waals surface area contributed by atoms with Gasteiger partial charge in [0, 0.05) is 11.6 Å². The maximum absolute atomic E-state index is 13.1. The Morgan fingerprint density at radius 1 is 1.03 bits per heavy atom. The number of hydrogen-bond donors (Lipinski definition) is 0. The van der Waals surface area contributed by atoms with E-state index in [0.29, 0.717) is 24.7 Å². The minimum atomic E-state index is -0.305. The van der Waals surface area contributed by atoms with E-state index in [-0.39, 0.29) is 12.1 Å². The molecule has 6 heteroatoms. The lowest BCUT2D eigenvalue weighted by molar-refractivity contribution is -0.128. The second-order valence-corrected chi connectivity index (χ2v) is 8.13. The summed E-state index contributed by atoms with van der Waals surface area (Å²) in [4.78, 5) is 15.2. The van der Waals surface area contributed by atoms with Crippen LogP contribution < -0.4 is 4.74 Å². The van der Waals surface area contributed by atoms with E-state index in [9.17, 15) is 4.79 Å². The molecular formula is C26H26ClN3O2. The first-order chi connectivity index (χ1) is 15.5. The van der Waals surface area contributed by atoms with Gasteiger partial charge in [-0.15, -0.1) is 0 Å². The van der Waals surface area contributed by atoms with Gasteiger partial charge in [0.15, 0.2) is 0 Å². The third-order valence-corrected chi connectivity index (χ3v) is 5.66. The Morgan fingerprint density at radius 3 is 2.38 bits per heavy atom. The topological polar surface area (TPSA) is 45.1 Å². The molecule has 164 valence electrons. The molecule has 1 fully saturated rings. The zero-order chi connectivity index (χ0) is 22.5. The van der Waals surface area contributed by atoms with Gasteiger partial charge in [-0.2, -0.15) is 5.10 Å². The summed E-state index contributed by atoms with van der Waals surface area (Å²) in [5.41, 5.74) is 3.82. The van der Waals surface area contributed by atoms with Crippen molar-refractivity contribution in [1.29, 1.82) is 0 Å². The molecule has 0 bridgehead atoms. The molecule has 0 saturated carbocycles. The SMILES string of the molecule is CCOc1ccc([C@H]2N(Cc3ccccc3)CC(=O)N2/N=C(/C)c2ccc(Cl)cc2)cc1. The van der Waals surface area contributed by atoms with Gasteiger partial charge in [0.2, 0.25) is 0 Å². The minimum absolute atomic E-state index is 0.0341. The number of carbonyl (C=O) groups excluding carboxylic acids is 1. The molecule has 0 radical (unpaired) electrons. The average molecular weight is 448 g/mol. The number of halogens is 1.